The second-order valence-corrected chi connectivity index (χ2v) is 6.23. The van der Waals surface area contributed by atoms with Crippen molar-refractivity contribution in [2.75, 3.05) is 19.1 Å². The quantitative estimate of drug-likeness (QED) is 0.450. The monoisotopic (exact) mass is 328 g/mol. The van der Waals surface area contributed by atoms with Crippen molar-refractivity contribution in [1.82, 2.24) is 4.98 Å². The van der Waals surface area contributed by atoms with E-state index in [1.165, 1.54) is 0 Å². The molecule has 0 aliphatic heterocycles. The van der Waals surface area contributed by atoms with Crippen LogP contribution in [-0.4, -0.2) is 25.4 Å². The van der Waals surface area contributed by atoms with Crippen LogP contribution in [0.4, 0.5) is 5.00 Å². The molecule has 0 aliphatic rings. The lowest BCUT2D eigenvalue weighted by molar-refractivity contribution is -0.104. The molecule has 2 rings (SSSR count). The Labute approximate surface area is 140 Å². The molecule has 120 valence electrons. The van der Waals surface area contributed by atoms with E-state index in [9.17, 15) is 4.79 Å². The number of anilines is 1. The smallest absolute Gasteiger partial charge is 0.145 e. The predicted molar refractivity (Wildman–Crippen MR) is 96.1 cm³/mol. The molecule has 0 saturated heterocycles. The number of rotatable bonds is 6. The molecule has 0 bridgehead atoms. The number of carbonyl (C=O) groups is 1. The third-order valence-electron chi connectivity index (χ3n) is 3.22. The van der Waals surface area contributed by atoms with Gasteiger partial charge in [-0.3, -0.25) is 4.79 Å². The van der Waals surface area contributed by atoms with E-state index < -0.39 is 0 Å². The molecule has 0 N–H and O–H groups in total. The van der Waals surface area contributed by atoms with E-state index in [2.05, 4.69) is 4.98 Å². The zero-order valence-electron chi connectivity index (χ0n) is 13.7. The lowest BCUT2D eigenvalue weighted by Crippen LogP contribution is -2.06. The number of carbonyl (C=O) groups excluding carboxylic acids is 1. The molecule has 1 heterocycles. The van der Waals surface area contributed by atoms with Gasteiger partial charge in [-0.1, -0.05) is 17.4 Å². The number of nitrogens with zero attached hydrogens (tertiary/aromatic N) is 2. The Morgan fingerprint density at radius 3 is 2.52 bits per heavy atom. The summed E-state index contributed by atoms with van der Waals surface area (Å²) < 4.78 is 5.17. The molecular formula is C18H20N2O2S. The maximum absolute atomic E-state index is 10.7. The Morgan fingerprint density at radius 2 is 1.91 bits per heavy atom. The number of allylic oxidation sites excluding steroid dienone is 3. The van der Waals surface area contributed by atoms with Crippen LogP contribution in [0, 0.1) is 0 Å². The van der Waals surface area contributed by atoms with Crippen molar-refractivity contribution in [2.45, 2.75) is 13.8 Å². The van der Waals surface area contributed by atoms with Crippen LogP contribution in [0.25, 0.3) is 10.6 Å². The Bertz CT molecular complexity index is 730. The number of thiazole rings is 1. The Hall–Kier alpha value is -2.40. The van der Waals surface area contributed by atoms with Gasteiger partial charge in [-0.25, -0.2) is 4.98 Å². The van der Waals surface area contributed by atoms with Crippen LogP contribution in [0.2, 0.25) is 0 Å². The van der Waals surface area contributed by atoms with Gasteiger partial charge in [0.1, 0.15) is 22.0 Å². The highest BCUT2D eigenvalue weighted by Crippen LogP contribution is 2.31. The molecule has 23 heavy (non-hydrogen) atoms. The fourth-order valence-electron chi connectivity index (χ4n) is 2.10. The summed E-state index contributed by atoms with van der Waals surface area (Å²) in [6.07, 6.45) is 6.55. The van der Waals surface area contributed by atoms with E-state index in [1.54, 1.807) is 25.4 Å². The highest BCUT2D eigenvalue weighted by Gasteiger charge is 2.07. The van der Waals surface area contributed by atoms with Gasteiger partial charge in [0.15, 0.2) is 0 Å². The minimum Gasteiger partial charge on any atom is -0.497 e. The number of methoxy groups -OCH3 is 1. The molecule has 4 nitrogen and oxygen atoms in total. The molecule has 1 aromatic carbocycles. The van der Waals surface area contributed by atoms with E-state index in [1.807, 2.05) is 61.6 Å². The number of aromatic nitrogens is 1. The van der Waals surface area contributed by atoms with E-state index in [-0.39, 0.29) is 0 Å². The van der Waals surface area contributed by atoms with Crippen LogP contribution in [0.3, 0.4) is 0 Å². The first-order chi connectivity index (χ1) is 11.0. The van der Waals surface area contributed by atoms with Gasteiger partial charge in [0.25, 0.3) is 0 Å². The first kappa shape index (κ1) is 17.0. The van der Waals surface area contributed by atoms with Crippen molar-refractivity contribution in [3.63, 3.8) is 0 Å². The summed E-state index contributed by atoms with van der Waals surface area (Å²) in [5.41, 5.74) is 2.78. The zero-order chi connectivity index (χ0) is 16.8. The van der Waals surface area contributed by atoms with E-state index in [0.717, 1.165) is 33.2 Å². The molecule has 0 atom stereocenters. The summed E-state index contributed by atoms with van der Waals surface area (Å²) in [6, 6.07) is 7.85. The summed E-state index contributed by atoms with van der Waals surface area (Å²) in [5, 5.41) is 1.99. The topological polar surface area (TPSA) is 42.4 Å². The first-order valence-corrected chi connectivity index (χ1v) is 8.00. The molecule has 5 heteroatoms. The Kier molecular flexibility index (Phi) is 5.71. The molecule has 0 saturated carbocycles. The number of hydrogen-bond donors (Lipinski definition) is 0. The standard InChI is InChI=1S/C18H20N2O2S/c1-13(9-14(2)12-21)11-20(3)17-10-19-18(23-17)15-5-7-16(22-4)8-6-15/h5-12H,1-4H3/b13-11-,14-9-. The Balaban J connectivity index is 2.17. The molecule has 0 radical (unpaired) electrons. The van der Waals surface area contributed by atoms with Crippen molar-refractivity contribution in [3.8, 4) is 16.3 Å². The number of benzene rings is 1. The number of ether oxygens (including phenoxy) is 1. The van der Waals surface area contributed by atoms with Gasteiger partial charge in [-0.2, -0.15) is 0 Å². The van der Waals surface area contributed by atoms with Crippen LogP contribution in [0.1, 0.15) is 13.8 Å². The first-order valence-electron chi connectivity index (χ1n) is 7.18. The fraction of sp³-hybridized carbons (Fsp3) is 0.222. The van der Waals surface area contributed by atoms with Crippen molar-refractivity contribution in [2.24, 2.45) is 0 Å². The summed E-state index contributed by atoms with van der Waals surface area (Å²) in [4.78, 5) is 17.2. The van der Waals surface area contributed by atoms with Gasteiger partial charge in [-0.05, 0) is 49.3 Å². The summed E-state index contributed by atoms with van der Waals surface area (Å²) in [7, 11) is 3.62. The SMILES string of the molecule is COc1ccc(-c2ncc(N(C)/C=C(C)\C=C(\C)C=O)s2)cc1. The van der Waals surface area contributed by atoms with Gasteiger partial charge in [0.05, 0.1) is 13.3 Å². The molecular weight excluding hydrogens is 308 g/mol. The molecule has 0 spiro atoms. The van der Waals surface area contributed by atoms with E-state index in [4.69, 9.17) is 4.74 Å². The normalized spacial score (nSPS) is 12.2. The third kappa shape index (κ3) is 4.53. The van der Waals surface area contributed by atoms with Crippen molar-refractivity contribution in [1.29, 1.82) is 0 Å². The maximum Gasteiger partial charge on any atom is 0.145 e. The van der Waals surface area contributed by atoms with Gasteiger partial charge in [0, 0.05) is 18.8 Å². The second kappa shape index (κ2) is 7.74. The molecule has 1 aromatic heterocycles. The molecule has 2 aromatic rings. The molecule has 0 amide bonds. The van der Waals surface area contributed by atoms with Crippen molar-refractivity contribution >= 4 is 22.6 Å². The minimum absolute atomic E-state index is 0.704. The number of aldehydes is 1. The fourth-order valence-corrected chi connectivity index (χ4v) is 2.95. The van der Waals surface area contributed by atoms with Crippen LogP contribution in [0.15, 0.2) is 53.9 Å². The molecule has 0 fully saturated rings. The van der Waals surface area contributed by atoms with Gasteiger partial charge < -0.3 is 9.64 Å². The van der Waals surface area contributed by atoms with Crippen LogP contribution in [-0.2, 0) is 4.79 Å². The van der Waals surface area contributed by atoms with Crippen LogP contribution >= 0.6 is 11.3 Å². The second-order valence-electron chi connectivity index (χ2n) is 5.22. The van der Waals surface area contributed by atoms with Gasteiger partial charge in [-0.15, -0.1) is 0 Å². The van der Waals surface area contributed by atoms with Gasteiger partial charge >= 0.3 is 0 Å². The largest absolute Gasteiger partial charge is 0.497 e. The predicted octanol–water partition coefficient (Wildman–Crippen LogP) is 4.30. The highest BCUT2D eigenvalue weighted by atomic mass is 32.1. The maximum atomic E-state index is 10.7. The summed E-state index contributed by atoms with van der Waals surface area (Å²) in [6.45, 7) is 3.76. The average Bonchev–Trinajstić information content (AvgIpc) is 3.04. The summed E-state index contributed by atoms with van der Waals surface area (Å²) >= 11 is 1.61. The zero-order valence-corrected chi connectivity index (χ0v) is 14.6. The number of hydrogen-bond acceptors (Lipinski definition) is 5. The summed E-state index contributed by atoms with van der Waals surface area (Å²) in [5.74, 6) is 0.832. The van der Waals surface area contributed by atoms with Crippen molar-refractivity contribution in [3.05, 3.63) is 53.9 Å². The third-order valence-corrected chi connectivity index (χ3v) is 4.35. The minimum atomic E-state index is 0.704. The lowest BCUT2D eigenvalue weighted by Gasteiger charge is -2.11. The molecule has 0 unspecified atom stereocenters. The van der Waals surface area contributed by atoms with Crippen LogP contribution in [0.5, 0.6) is 5.75 Å². The highest BCUT2D eigenvalue weighted by molar-refractivity contribution is 7.18. The van der Waals surface area contributed by atoms with Gasteiger partial charge in [0.2, 0.25) is 0 Å². The molecule has 0 aliphatic carbocycles. The van der Waals surface area contributed by atoms with E-state index in [0.29, 0.717) is 5.57 Å². The Morgan fingerprint density at radius 1 is 1.22 bits per heavy atom. The lowest BCUT2D eigenvalue weighted by atomic mass is 10.2. The van der Waals surface area contributed by atoms with E-state index >= 15 is 0 Å². The van der Waals surface area contributed by atoms with Crippen LogP contribution < -0.4 is 9.64 Å². The van der Waals surface area contributed by atoms with Crippen molar-refractivity contribution < 1.29 is 9.53 Å². The average molecular weight is 328 g/mol.